The van der Waals surface area contributed by atoms with Gasteiger partial charge in [0.05, 0.1) is 17.3 Å². The van der Waals surface area contributed by atoms with E-state index in [2.05, 4.69) is 33.5 Å². The Labute approximate surface area is 95.2 Å². The number of aromatic hydroxyl groups is 1. The van der Waals surface area contributed by atoms with E-state index in [0.29, 0.717) is 15.9 Å². The van der Waals surface area contributed by atoms with Crippen molar-refractivity contribution in [2.24, 2.45) is 5.73 Å². The Hall–Kier alpha value is -1.01. The number of thiocarbonyl (C=S) groups is 1. The van der Waals surface area contributed by atoms with Crippen molar-refractivity contribution >= 4 is 38.9 Å². The zero-order chi connectivity index (χ0) is 10.7. The monoisotopic (exact) mass is 276 g/mol. The van der Waals surface area contributed by atoms with Crippen molar-refractivity contribution in [2.45, 2.75) is 0 Å². The summed E-state index contributed by atoms with van der Waals surface area (Å²) in [5.74, 6) is 0.632. The quantitative estimate of drug-likeness (QED) is 0.568. The van der Waals surface area contributed by atoms with Gasteiger partial charge in [-0.15, -0.1) is 0 Å². The topological polar surface area (TPSA) is 67.5 Å². The van der Waals surface area contributed by atoms with Crippen LogP contribution in [0.5, 0.6) is 11.5 Å². The van der Waals surface area contributed by atoms with Crippen LogP contribution in [0.4, 0.5) is 5.69 Å². The average molecular weight is 277 g/mol. The van der Waals surface area contributed by atoms with Crippen LogP contribution in [0.1, 0.15) is 0 Å². The molecule has 0 saturated carbocycles. The van der Waals surface area contributed by atoms with Gasteiger partial charge >= 0.3 is 0 Å². The van der Waals surface area contributed by atoms with Gasteiger partial charge in [-0.25, -0.2) is 0 Å². The third-order valence-corrected chi connectivity index (χ3v) is 2.24. The second-order valence-electron chi connectivity index (χ2n) is 2.49. The van der Waals surface area contributed by atoms with E-state index in [1.54, 1.807) is 12.1 Å². The van der Waals surface area contributed by atoms with Gasteiger partial charge in [0.1, 0.15) is 5.75 Å². The zero-order valence-corrected chi connectivity index (χ0v) is 9.78. The molecule has 0 heterocycles. The summed E-state index contributed by atoms with van der Waals surface area (Å²) in [7, 11) is 1.53. The van der Waals surface area contributed by atoms with Gasteiger partial charge in [-0.05, 0) is 34.2 Å². The third kappa shape index (κ3) is 2.49. The maximum atomic E-state index is 9.59. The maximum absolute atomic E-state index is 9.59. The van der Waals surface area contributed by atoms with Crippen molar-refractivity contribution in [1.29, 1.82) is 0 Å². The second kappa shape index (κ2) is 4.47. The molecule has 0 aliphatic carbocycles. The molecular formula is C8H9BrN2O2S. The number of methoxy groups -OCH3 is 1. The molecule has 1 aromatic rings. The summed E-state index contributed by atoms with van der Waals surface area (Å²) in [6, 6.07) is 3.24. The van der Waals surface area contributed by atoms with Crippen LogP contribution in [-0.2, 0) is 0 Å². The molecule has 0 aliphatic rings. The zero-order valence-electron chi connectivity index (χ0n) is 7.37. The molecule has 0 amide bonds. The number of benzene rings is 1. The highest BCUT2D eigenvalue weighted by atomic mass is 79.9. The molecule has 0 radical (unpaired) electrons. The van der Waals surface area contributed by atoms with Gasteiger partial charge in [-0.1, -0.05) is 0 Å². The lowest BCUT2D eigenvalue weighted by molar-refractivity contribution is 0.412. The standard InChI is InChI=1S/C8H9BrN2O2S/c1-13-4-2-5(9)7(12)6(3-4)11-8(10)14/h2-3,12H,1H3,(H3,10,11,14). The van der Waals surface area contributed by atoms with Crippen molar-refractivity contribution in [1.82, 2.24) is 0 Å². The van der Waals surface area contributed by atoms with E-state index >= 15 is 0 Å². The predicted octanol–water partition coefficient (Wildman–Crippen LogP) is 1.82. The molecule has 0 unspecified atom stereocenters. The first-order chi connectivity index (χ1) is 6.54. The van der Waals surface area contributed by atoms with E-state index in [4.69, 9.17) is 10.5 Å². The summed E-state index contributed by atoms with van der Waals surface area (Å²) < 4.78 is 5.52. The summed E-state index contributed by atoms with van der Waals surface area (Å²) in [6.45, 7) is 0. The number of nitrogens with two attached hydrogens (primary N) is 1. The van der Waals surface area contributed by atoms with Crippen LogP contribution in [0, 0.1) is 0 Å². The Morgan fingerprint density at radius 1 is 1.64 bits per heavy atom. The first-order valence-electron chi connectivity index (χ1n) is 3.67. The van der Waals surface area contributed by atoms with Crippen LogP contribution in [-0.4, -0.2) is 17.3 Å². The summed E-state index contributed by atoms with van der Waals surface area (Å²) >= 11 is 7.83. The van der Waals surface area contributed by atoms with Crippen LogP contribution in [0.2, 0.25) is 0 Å². The minimum Gasteiger partial charge on any atom is -0.505 e. The smallest absolute Gasteiger partial charge is 0.168 e. The Morgan fingerprint density at radius 3 is 2.79 bits per heavy atom. The fraction of sp³-hybridized carbons (Fsp3) is 0.125. The fourth-order valence-corrected chi connectivity index (χ4v) is 1.47. The van der Waals surface area contributed by atoms with E-state index in [1.165, 1.54) is 7.11 Å². The van der Waals surface area contributed by atoms with Gasteiger partial charge in [0, 0.05) is 6.07 Å². The molecule has 1 rings (SSSR count). The van der Waals surface area contributed by atoms with Crippen LogP contribution in [0.15, 0.2) is 16.6 Å². The number of phenolic OH excluding ortho intramolecular Hbond substituents is 1. The average Bonchev–Trinajstić information content (AvgIpc) is 2.11. The molecular weight excluding hydrogens is 268 g/mol. The Bertz CT molecular complexity index is 371. The number of rotatable bonds is 2. The molecule has 0 saturated heterocycles. The van der Waals surface area contributed by atoms with E-state index in [1.807, 2.05) is 0 Å². The molecule has 4 N–H and O–H groups in total. The minimum atomic E-state index is 0.0404. The van der Waals surface area contributed by atoms with Crippen molar-refractivity contribution in [2.75, 3.05) is 12.4 Å². The number of ether oxygens (including phenoxy) is 1. The second-order valence-corrected chi connectivity index (χ2v) is 3.79. The molecule has 4 nitrogen and oxygen atoms in total. The van der Waals surface area contributed by atoms with Gasteiger partial charge in [0.25, 0.3) is 0 Å². The predicted molar refractivity (Wildman–Crippen MR) is 62.8 cm³/mol. The van der Waals surface area contributed by atoms with E-state index < -0.39 is 0 Å². The van der Waals surface area contributed by atoms with E-state index in [0.717, 1.165) is 0 Å². The summed E-state index contributed by atoms with van der Waals surface area (Å²) in [4.78, 5) is 0. The Morgan fingerprint density at radius 2 is 2.29 bits per heavy atom. The van der Waals surface area contributed by atoms with E-state index in [9.17, 15) is 5.11 Å². The number of halogens is 1. The molecule has 0 spiro atoms. The highest BCUT2D eigenvalue weighted by Crippen LogP contribution is 2.36. The van der Waals surface area contributed by atoms with Gasteiger partial charge < -0.3 is 20.9 Å². The first-order valence-corrected chi connectivity index (χ1v) is 4.87. The van der Waals surface area contributed by atoms with Crippen LogP contribution in [0.25, 0.3) is 0 Å². The lowest BCUT2D eigenvalue weighted by Gasteiger charge is -2.10. The molecule has 0 fully saturated rings. The summed E-state index contributed by atoms with van der Waals surface area (Å²) in [5, 5.41) is 12.3. The molecule has 0 aliphatic heterocycles. The number of hydrogen-bond donors (Lipinski definition) is 3. The van der Waals surface area contributed by atoms with Crippen LogP contribution in [0.3, 0.4) is 0 Å². The summed E-state index contributed by atoms with van der Waals surface area (Å²) in [5.41, 5.74) is 5.69. The maximum Gasteiger partial charge on any atom is 0.168 e. The Balaban J connectivity index is 3.13. The number of anilines is 1. The van der Waals surface area contributed by atoms with Gasteiger partial charge in [-0.3, -0.25) is 0 Å². The van der Waals surface area contributed by atoms with Crippen molar-refractivity contribution in [3.63, 3.8) is 0 Å². The molecule has 1 aromatic carbocycles. The molecule has 14 heavy (non-hydrogen) atoms. The van der Waals surface area contributed by atoms with Crippen molar-refractivity contribution in [3.8, 4) is 11.5 Å². The Kier molecular flexibility index (Phi) is 3.54. The SMILES string of the molecule is COc1cc(Br)c(O)c(NC(N)=S)c1. The highest BCUT2D eigenvalue weighted by Gasteiger charge is 2.08. The first kappa shape index (κ1) is 11.1. The van der Waals surface area contributed by atoms with Crippen molar-refractivity contribution < 1.29 is 9.84 Å². The molecule has 0 aromatic heterocycles. The minimum absolute atomic E-state index is 0.0404. The normalized spacial score (nSPS) is 9.57. The fourth-order valence-electron chi connectivity index (χ4n) is 0.920. The number of hydrogen-bond acceptors (Lipinski definition) is 3. The van der Waals surface area contributed by atoms with E-state index in [-0.39, 0.29) is 10.9 Å². The van der Waals surface area contributed by atoms with Crippen LogP contribution >= 0.6 is 28.1 Å². The van der Waals surface area contributed by atoms with Crippen molar-refractivity contribution in [3.05, 3.63) is 16.6 Å². The van der Waals surface area contributed by atoms with Crippen LogP contribution < -0.4 is 15.8 Å². The lowest BCUT2D eigenvalue weighted by Crippen LogP contribution is -2.19. The lowest BCUT2D eigenvalue weighted by atomic mass is 10.3. The molecule has 0 atom stereocenters. The number of nitrogens with one attached hydrogen (secondary N) is 1. The van der Waals surface area contributed by atoms with Gasteiger partial charge in [-0.2, -0.15) is 0 Å². The molecule has 76 valence electrons. The third-order valence-electron chi connectivity index (χ3n) is 1.53. The number of phenols is 1. The van der Waals surface area contributed by atoms with Gasteiger partial charge in [0.15, 0.2) is 10.9 Å². The summed E-state index contributed by atoms with van der Waals surface area (Å²) in [6.07, 6.45) is 0. The largest absolute Gasteiger partial charge is 0.505 e. The molecule has 6 heteroatoms. The van der Waals surface area contributed by atoms with Gasteiger partial charge in [0.2, 0.25) is 0 Å². The molecule has 0 bridgehead atoms. The highest BCUT2D eigenvalue weighted by molar-refractivity contribution is 9.10.